The van der Waals surface area contributed by atoms with Crippen molar-refractivity contribution in [2.75, 3.05) is 12.3 Å². The van der Waals surface area contributed by atoms with Crippen molar-refractivity contribution in [1.29, 1.82) is 0 Å². The summed E-state index contributed by atoms with van der Waals surface area (Å²) in [5.74, 6) is 0.832. The van der Waals surface area contributed by atoms with Gasteiger partial charge in [0.05, 0.1) is 12.3 Å². The van der Waals surface area contributed by atoms with Gasteiger partial charge in [0.1, 0.15) is 5.75 Å². The van der Waals surface area contributed by atoms with Crippen molar-refractivity contribution >= 4 is 5.69 Å². The largest absolute Gasteiger partial charge is 0.491 e. The van der Waals surface area contributed by atoms with Crippen LogP contribution in [0.1, 0.15) is 92.1 Å². The molecule has 1 rings (SSSR count). The molecule has 1 aromatic carbocycles. The van der Waals surface area contributed by atoms with E-state index in [1.807, 2.05) is 6.07 Å². The van der Waals surface area contributed by atoms with Crippen LogP contribution in [-0.4, -0.2) is 6.61 Å². The van der Waals surface area contributed by atoms with Gasteiger partial charge < -0.3 is 10.5 Å². The summed E-state index contributed by atoms with van der Waals surface area (Å²) in [5.41, 5.74) is 8.71. The molecule has 0 amide bonds. The van der Waals surface area contributed by atoms with E-state index < -0.39 is 0 Å². The van der Waals surface area contributed by atoms with Gasteiger partial charge in [0.15, 0.2) is 0 Å². The highest BCUT2D eigenvalue weighted by Gasteiger charge is 2.27. The monoisotopic (exact) mass is 333 g/mol. The van der Waals surface area contributed by atoms with Crippen LogP contribution in [0.4, 0.5) is 5.69 Å². The second-order valence-electron chi connectivity index (χ2n) is 8.99. The number of rotatable bonds is 10. The van der Waals surface area contributed by atoms with Gasteiger partial charge in [-0.2, -0.15) is 0 Å². The van der Waals surface area contributed by atoms with Gasteiger partial charge in [-0.3, -0.25) is 0 Å². The van der Waals surface area contributed by atoms with Gasteiger partial charge in [-0.15, -0.1) is 0 Å². The van der Waals surface area contributed by atoms with E-state index in [4.69, 9.17) is 10.5 Å². The Morgan fingerprint density at radius 1 is 0.917 bits per heavy atom. The number of benzene rings is 1. The summed E-state index contributed by atoms with van der Waals surface area (Å²) in [7, 11) is 0. The summed E-state index contributed by atoms with van der Waals surface area (Å²) >= 11 is 0. The molecule has 2 nitrogen and oxygen atoms in total. The molecule has 0 heterocycles. The fourth-order valence-electron chi connectivity index (χ4n) is 3.59. The first-order chi connectivity index (χ1) is 11.2. The predicted octanol–water partition coefficient (Wildman–Crippen LogP) is 6.72. The quantitative estimate of drug-likeness (QED) is 0.381. The fraction of sp³-hybridized carbons (Fsp3) is 0.727. The minimum atomic E-state index is 0.115. The highest BCUT2D eigenvalue weighted by molar-refractivity contribution is 5.55. The van der Waals surface area contributed by atoms with Crippen LogP contribution in [0.3, 0.4) is 0 Å². The Labute approximate surface area is 150 Å². The Bertz CT molecular complexity index is 485. The third-order valence-electron chi connectivity index (χ3n) is 4.52. The molecule has 0 spiro atoms. The molecule has 0 unspecified atom stereocenters. The first-order valence-corrected chi connectivity index (χ1v) is 9.68. The average molecular weight is 334 g/mol. The van der Waals surface area contributed by atoms with E-state index in [0.29, 0.717) is 5.41 Å². The SMILES string of the molecule is CCCCCCCCOc1ccc(C(C)(C)CC(C)(C)C)cc1N. The van der Waals surface area contributed by atoms with Gasteiger partial charge in [0.2, 0.25) is 0 Å². The maximum absolute atomic E-state index is 6.24. The van der Waals surface area contributed by atoms with Crippen LogP contribution < -0.4 is 10.5 Å². The summed E-state index contributed by atoms with van der Waals surface area (Å²) in [4.78, 5) is 0. The standard InChI is InChI=1S/C22H39NO/c1-7-8-9-10-11-12-15-24-20-14-13-18(16-19(20)23)22(5,6)17-21(2,3)4/h13-14,16H,7-12,15,17,23H2,1-6H3. The Hall–Kier alpha value is -1.18. The lowest BCUT2D eigenvalue weighted by Crippen LogP contribution is -2.25. The summed E-state index contributed by atoms with van der Waals surface area (Å²) in [6, 6.07) is 6.33. The zero-order chi connectivity index (χ0) is 18.2. The topological polar surface area (TPSA) is 35.2 Å². The molecule has 0 saturated heterocycles. The third kappa shape index (κ3) is 7.59. The zero-order valence-corrected chi connectivity index (χ0v) is 16.9. The maximum atomic E-state index is 6.24. The van der Waals surface area contributed by atoms with Gasteiger partial charge in [-0.05, 0) is 41.4 Å². The van der Waals surface area contributed by atoms with Crippen molar-refractivity contribution in [3.05, 3.63) is 23.8 Å². The van der Waals surface area contributed by atoms with Crippen molar-refractivity contribution in [2.45, 2.75) is 91.9 Å². The number of hydrogen-bond donors (Lipinski definition) is 1. The minimum Gasteiger partial charge on any atom is -0.491 e. The number of ether oxygens (including phenoxy) is 1. The number of nitrogen functional groups attached to an aromatic ring is 1. The Morgan fingerprint density at radius 3 is 2.12 bits per heavy atom. The number of hydrogen-bond acceptors (Lipinski definition) is 2. The van der Waals surface area contributed by atoms with Crippen LogP contribution in [0, 0.1) is 5.41 Å². The predicted molar refractivity (Wildman–Crippen MR) is 107 cm³/mol. The second-order valence-corrected chi connectivity index (χ2v) is 8.99. The minimum absolute atomic E-state index is 0.115. The zero-order valence-electron chi connectivity index (χ0n) is 16.9. The summed E-state index contributed by atoms with van der Waals surface area (Å²) in [5, 5.41) is 0. The highest BCUT2D eigenvalue weighted by atomic mass is 16.5. The first-order valence-electron chi connectivity index (χ1n) is 9.68. The van der Waals surface area contributed by atoms with Crippen molar-refractivity contribution in [3.63, 3.8) is 0 Å². The summed E-state index contributed by atoms with van der Waals surface area (Å²) in [6.07, 6.45) is 8.78. The Balaban J connectivity index is 2.53. The van der Waals surface area contributed by atoms with E-state index in [2.05, 4.69) is 53.7 Å². The van der Waals surface area contributed by atoms with Crippen molar-refractivity contribution in [1.82, 2.24) is 0 Å². The van der Waals surface area contributed by atoms with Gasteiger partial charge >= 0.3 is 0 Å². The van der Waals surface area contributed by atoms with E-state index in [9.17, 15) is 0 Å². The number of anilines is 1. The molecule has 0 radical (unpaired) electrons. The lowest BCUT2D eigenvalue weighted by molar-refractivity contribution is 0.283. The number of nitrogens with two attached hydrogens (primary N) is 1. The summed E-state index contributed by atoms with van der Waals surface area (Å²) < 4.78 is 5.89. The lowest BCUT2D eigenvalue weighted by Gasteiger charge is -2.33. The molecule has 0 atom stereocenters. The molecular weight excluding hydrogens is 294 g/mol. The van der Waals surface area contributed by atoms with E-state index in [-0.39, 0.29) is 5.41 Å². The van der Waals surface area contributed by atoms with Gasteiger partial charge in [0.25, 0.3) is 0 Å². The fourth-order valence-corrected chi connectivity index (χ4v) is 3.59. The molecule has 2 heteroatoms. The van der Waals surface area contributed by atoms with Crippen LogP contribution in [0.15, 0.2) is 18.2 Å². The van der Waals surface area contributed by atoms with Gasteiger partial charge in [-0.1, -0.05) is 79.7 Å². The third-order valence-corrected chi connectivity index (χ3v) is 4.52. The van der Waals surface area contributed by atoms with Crippen molar-refractivity contribution in [3.8, 4) is 5.75 Å². The molecule has 0 fully saturated rings. The molecule has 0 aliphatic carbocycles. The smallest absolute Gasteiger partial charge is 0.142 e. The van der Waals surface area contributed by atoms with Crippen LogP contribution >= 0.6 is 0 Å². The molecule has 0 aromatic heterocycles. The van der Waals surface area contributed by atoms with E-state index in [0.717, 1.165) is 30.9 Å². The highest BCUT2D eigenvalue weighted by Crippen LogP contribution is 2.38. The van der Waals surface area contributed by atoms with E-state index >= 15 is 0 Å². The van der Waals surface area contributed by atoms with E-state index in [1.54, 1.807) is 0 Å². The Kier molecular flexibility index (Phi) is 8.12. The summed E-state index contributed by atoms with van der Waals surface area (Å²) in [6.45, 7) is 14.5. The Morgan fingerprint density at radius 2 is 1.54 bits per heavy atom. The van der Waals surface area contributed by atoms with E-state index in [1.165, 1.54) is 37.7 Å². The first kappa shape index (κ1) is 20.9. The van der Waals surface area contributed by atoms with Crippen LogP contribution in [0.5, 0.6) is 5.75 Å². The molecule has 0 bridgehead atoms. The van der Waals surface area contributed by atoms with Crippen LogP contribution in [0.2, 0.25) is 0 Å². The molecule has 2 N–H and O–H groups in total. The lowest BCUT2D eigenvalue weighted by atomic mass is 9.72. The van der Waals surface area contributed by atoms with Crippen molar-refractivity contribution < 1.29 is 4.74 Å². The normalized spacial score (nSPS) is 12.4. The van der Waals surface area contributed by atoms with Crippen LogP contribution in [0.25, 0.3) is 0 Å². The molecule has 0 aliphatic rings. The van der Waals surface area contributed by atoms with Gasteiger partial charge in [0, 0.05) is 0 Å². The molecule has 138 valence electrons. The number of unbranched alkanes of at least 4 members (excludes halogenated alkanes) is 5. The van der Waals surface area contributed by atoms with Gasteiger partial charge in [-0.25, -0.2) is 0 Å². The maximum Gasteiger partial charge on any atom is 0.142 e. The molecular formula is C22H39NO. The molecule has 24 heavy (non-hydrogen) atoms. The second kappa shape index (κ2) is 9.34. The average Bonchev–Trinajstić information content (AvgIpc) is 2.45. The molecule has 1 aromatic rings. The molecule has 0 saturated carbocycles. The van der Waals surface area contributed by atoms with Crippen molar-refractivity contribution in [2.24, 2.45) is 5.41 Å². The molecule has 0 aliphatic heterocycles. The van der Waals surface area contributed by atoms with Crippen LogP contribution in [-0.2, 0) is 5.41 Å².